The zero-order chi connectivity index (χ0) is 19.7. The fraction of sp³-hybridized carbons (Fsp3) is 0.261. The number of para-hydroxylation sites is 2. The van der Waals surface area contributed by atoms with Crippen LogP contribution in [0.15, 0.2) is 60.8 Å². The Kier molecular flexibility index (Phi) is 4.82. The van der Waals surface area contributed by atoms with Gasteiger partial charge in [0, 0.05) is 43.2 Å². The van der Waals surface area contributed by atoms with E-state index in [1.165, 1.54) is 12.5 Å². The number of benzene rings is 2. The first-order valence-corrected chi connectivity index (χ1v) is 9.58. The van der Waals surface area contributed by atoms with Crippen LogP contribution in [0.4, 0.5) is 11.4 Å². The highest BCUT2D eigenvalue weighted by Gasteiger charge is 2.30. The molecule has 1 atom stereocenters. The van der Waals surface area contributed by atoms with E-state index in [4.69, 9.17) is 0 Å². The minimum absolute atomic E-state index is 0.0388. The molecular formula is C23H23N3O2. The third-order valence-electron chi connectivity index (χ3n) is 5.31. The van der Waals surface area contributed by atoms with Crippen LogP contribution in [0.1, 0.15) is 25.8 Å². The first-order valence-electron chi connectivity index (χ1n) is 9.58. The third kappa shape index (κ3) is 3.24. The van der Waals surface area contributed by atoms with E-state index in [1.807, 2.05) is 53.4 Å². The topological polar surface area (TPSA) is 53.5 Å². The molecule has 0 N–H and O–H groups in total. The maximum Gasteiger partial charge on any atom is 0.229 e. The number of aromatic nitrogens is 1. The Morgan fingerprint density at radius 1 is 1.11 bits per heavy atom. The van der Waals surface area contributed by atoms with Crippen LogP contribution in [-0.2, 0) is 16.0 Å². The van der Waals surface area contributed by atoms with Crippen LogP contribution >= 0.6 is 0 Å². The van der Waals surface area contributed by atoms with Crippen LogP contribution in [0.2, 0.25) is 0 Å². The second-order valence-corrected chi connectivity index (χ2v) is 7.22. The molecule has 1 aliphatic heterocycles. The molecule has 5 heteroatoms. The molecule has 0 fully saturated rings. The van der Waals surface area contributed by atoms with Crippen molar-refractivity contribution in [2.45, 2.75) is 32.7 Å². The summed E-state index contributed by atoms with van der Waals surface area (Å²) in [6.07, 6.45) is 2.85. The predicted molar refractivity (Wildman–Crippen MR) is 111 cm³/mol. The second-order valence-electron chi connectivity index (χ2n) is 7.22. The van der Waals surface area contributed by atoms with Crippen LogP contribution in [-0.4, -0.2) is 29.4 Å². The Hall–Kier alpha value is -3.21. The highest BCUT2D eigenvalue weighted by molar-refractivity contribution is 6.02. The Morgan fingerprint density at radius 3 is 2.71 bits per heavy atom. The van der Waals surface area contributed by atoms with Crippen molar-refractivity contribution in [2.24, 2.45) is 0 Å². The number of nitrogens with zero attached hydrogens (tertiary/aromatic N) is 3. The largest absolute Gasteiger partial charge is 0.310 e. The van der Waals surface area contributed by atoms with E-state index in [9.17, 15) is 9.59 Å². The van der Waals surface area contributed by atoms with Crippen LogP contribution in [0.5, 0.6) is 0 Å². The monoisotopic (exact) mass is 373 g/mol. The molecule has 0 saturated heterocycles. The Balaban J connectivity index is 1.57. The summed E-state index contributed by atoms with van der Waals surface area (Å²) in [6, 6.07) is 17.8. The summed E-state index contributed by atoms with van der Waals surface area (Å²) in [7, 11) is 0. The molecule has 0 aliphatic carbocycles. The minimum Gasteiger partial charge on any atom is -0.310 e. The summed E-state index contributed by atoms with van der Waals surface area (Å²) in [4.78, 5) is 33.3. The molecule has 1 unspecified atom stereocenters. The number of carbonyl (C=O) groups excluding carboxylic acids is 2. The van der Waals surface area contributed by atoms with E-state index < -0.39 is 0 Å². The van der Waals surface area contributed by atoms with Gasteiger partial charge in [-0.3, -0.25) is 14.6 Å². The van der Waals surface area contributed by atoms with Crippen molar-refractivity contribution in [1.29, 1.82) is 0 Å². The van der Waals surface area contributed by atoms with Crippen LogP contribution in [0.25, 0.3) is 10.9 Å². The number of rotatable bonds is 4. The van der Waals surface area contributed by atoms with E-state index in [-0.39, 0.29) is 24.3 Å². The lowest BCUT2D eigenvalue weighted by Gasteiger charge is -2.26. The van der Waals surface area contributed by atoms with Crippen molar-refractivity contribution in [3.05, 3.63) is 66.4 Å². The molecule has 1 aromatic heterocycles. The van der Waals surface area contributed by atoms with Crippen molar-refractivity contribution in [3.63, 3.8) is 0 Å². The third-order valence-corrected chi connectivity index (χ3v) is 5.31. The molecule has 1 aliphatic rings. The molecular weight excluding hydrogens is 350 g/mol. The van der Waals surface area contributed by atoms with E-state index in [1.54, 1.807) is 11.1 Å². The molecule has 2 amide bonds. The quantitative estimate of drug-likeness (QED) is 0.696. The summed E-state index contributed by atoms with van der Waals surface area (Å²) in [5.74, 6) is -0.0577. The van der Waals surface area contributed by atoms with Gasteiger partial charge in [0.2, 0.25) is 11.8 Å². The number of amides is 2. The Morgan fingerprint density at radius 2 is 1.89 bits per heavy atom. The number of hydrogen-bond donors (Lipinski definition) is 0. The number of carbonyl (C=O) groups is 2. The first kappa shape index (κ1) is 18.2. The summed E-state index contributed by atoms with van der Waals surface area (Å²) in [5.41, 5.74) is 3.70. The number of fused-ring (bicyclic) bond motifs is 2. The van der Waals surface area contributed by atoms with Gasteiger partial charge in [0.05, 0.1) is 11.2 Å². The summed E-state index contributed by atoms with van der Waals surface area (Å²) in [5, 5.41) is 0.972. The van der Waals surface area contributed by atoms with Crippen molar-refractivity contribution in [2.75, 3.05) is 16.3 Å². The first-order chi connectivity index (χ1) is 13.6. The van der Waals surface area contributed by atoms with Gasteiger partial charge in [-0.25, -0.2) is 0 Å². The van der Waals surface area contributed by atoms with Crippen LogP contribution < -0.4 is 9.80 Å². The molecule has 2 heterocycles. The summed E-state index contributed by atoms with van der Waals surface area (Å²) in [6.45, 7) is 3.92. The number of pyridine rings is 1. The van der Waals surface area contributed by atoms with E-state index in [2.05, 4.69) is 18.0 Å². The molecule has 0 spiro atoms. The standard InChI is InChI=1S/C23H23N3O2/c1-16-15-19-7-3-4-10-20(19)26(16)22(28)12-14-25(17(2)27)21-11-5-8-18-9-6-13-24-23(18)21/h3-11,13,16H,12,14-15H2,1-2H3. The second kappa shape index (κ2) is 7.43. The molecule has 142 valence electrons. The summed E-state index contributed by atoms with van der Waals surface area (Å²) < 4.78 is 0. The maximum atomic E-state index is 13.0. The van der Waals surface area contributed by atoms with Crippen molar-refractivity contribution >= 4 is 34.1 Å². The zero-order valence-corrected chi connectivity index (χ0v) is 16.1. The molecule has 3 aromatic rings. The lowest BCUT2D eigenvalue weighted by Crippen LogP contribution is -2.39. The van der Waals surface area contributed by atoms with Gasteiger partial charge < -0.3 is 9.80 Å². The maximum absolute atomic E-state index is 13.0. The van der Waals surface area contributed by atoms with Gasteiger partial charge >= 0.3 is 0 Å². The van der Waals surface area contributed by atoms with Crippen LogP contribution in [0, 0.1) is 0 Å². The lowest BCUT2D eigenvalue weighted by molar-refractivity contribution is -0.119. The molecule has 5 nitrogen and oxygen atoms in total. The van der Waals surface area contributed by atoms with E-state index >= 15 is 0 Å². The van der Waals surface area contributed by atoms with Crippen molar-refractivity contribution < 1.29 is 9.59 Å². The van der Waals surface area contributed by atoms with Gasteiger partial charge in [0.15, 0.2) is 0 Å². The average molecular weight is 373 g/mol. The molecule has 28 heavy (non-hydrogen) atoms. The number of hydrogen-bond acceptors (Lipinski definition) is 3. The van der Waals surface area contributed by atoms with Gasteiger partial charge in [0.25, 0.3) is 0 Å². The smallest absolute Gasteiger partial charge is 0.229 e. The molecule has 2 aromatic carbocycles. The molecule has 4 rings (SSSR count). The van der Waals surface area contributed by atoms with Gasteiger partial charge in [0.1, 0.15) is 0 Å². The highest BCUT2D eigenvalue weighted by atomic mass is 16.2. The fourth-order valence-electron chi connectivity index (χ4n) is 4.03. The number of anilines is 2. The molecule has 0 saturated carbocycles. The average Bonchev–Trinajstić information content (AvgIpc) is 3.03. The van der Waals surface area contributed by atoms with Gasteiger partial charge in [-0.2, -0.15) is 0 Å². The minimum atomic E-state index is -0.0965. The predicted octanol–water partition coefficient (Wildman–Crippen LogP) is 3.96. The normalized spacial score (nSPS) is 15.5. The lowest BCUT2D eigenvalue weighted by atomic mass is 10.1. The summed E-state index contributed by atoms with van der Waals surface area (Å²) >= 11 is 0. The fourth-order valence-corrected chi connectivity index (χ4v) is 4.03. The van der Waals surface area contributed by atoms with Gasteiger partial charge in [-0.05, 0) is 37.1 Å². The Bertz CT molecular complexity index is 1040. The van der Waals surface area contributed by atoms with Crippen molar-refractivity contribution in [1.82, 2.24) is 4.98 Å². The van der Waals surface area contributed by atoms with E-state index in [0.29, 0.717) is 6.54 Å². The van der Waals surface area contributed by atoms with E-state index in [0.717, 1.165) is 28.7 Å². The Labute approximate surface area is 164 Å². The SMILES string of the molecule is CC(=O)N(CCC(=O)N1c2ccccc2CC1C)c1cccc2cccnc12. The van der Waals surface area contributed by atoms with Gasteiger partial charge in [-0.1, -0.05) is 36.4 Å². The molecule has 0 bridgehead atoms. The van der Waals surface area contributed by atoms with Crippen molar-refractivity contribution in [3.8, 4) is 0 Å². The molecule has 0 radical (unpaired) electrons. The highest BCUT2D eigenvalue weighted by Crippen LogP contribution is 2.32. The van der Waals surface area contributed by atoms with Crippen LogP contribution in [0.3, 0.4) is 0 Å². The van der Waals surface area contributed by atoms with Gasteiger partial charge in [-0.15, -0.1) is 0 Å². The zero-order valence-electron chi connectivity index (χ0n) is 16.1.